The molecule has 0 unspecified atom stereocenters. The van der Waals surface area contributed by atoms with Crippen LogP contribution in [0.25, 0.3) is 11.3 Å². The van der Waals surface area contributed by atoms with Crippen LogP contribution in [0, 0.1) is 0 Å². The van der Waals surface area contributed by atoms with Crippen LogP contribution in [0.1, 0.15) is 42.5 Å². The molecule has 0 saturated carbocycles. The lowest BCUT2D eigenvalue weighted by atomic mass is 9.86. The molecule has 4 aromatic rings. The molecule has 0 N–H and O–H groups in total. The molecule has 0 atom stereocenters. The molecule has 0 spiro atoms. The van der Waals surface area contributed by atoms with E-state index in [2.05, 4.69) is 20.8 Å². The average Bonchev–Trinajstić information content (AvgIpc) is 3.49. The number of rotatable bonds is 6. The summed E-state index contributed by atoms with van der Waals surface area (Å²) in [4.78, 5) is 19.9. The summed E-state index contributed by atoms with van der Waals surface area (Å²) in [5.41, 5.74) is 3.60. The third-order valence-corrected chi connectivity index (χ3v) is 6.11. The predicted octanol–water partition coefficient (Wildman–Crippen LogP) is 6.56. The van der Waals surface area contributed by atoms with Gasteiger partial charge >= 0.3 is 0 Å². The third-order valence-electron chi connectivity index (χ3n) is 5.25. The maximum absolute atomic E-state index is 13.5. The lowest BCUT2D eigenvalue weighted by molar-refractivity contribution is 0.0983. The maximum atomic E-state index is 13.5. The summed E-state index contributed by atoms with van der Waals surface area (Å²) in [6, 6.07) is 19.2. The van der Waals surface area contributed by atoms with Crippen molar-refractivity contribution in [3.05, 3.63) is 89.2 Å². The fourth-order valence-electron chi connectivity index (χ4n) is 3.34. The Morgan fingerprint density at radius 3 is 2.38 bits per heavy atom. The number of amides is 1. The standard InChI is InChI=1S/C26H26N2O3S/c1-26(2,3)20-11-7-19(8-12-20)24(29)28(16-22-6-5-15-31-22)25-27-23(17-32-25)18-9-13-21(30-4)14-10-18/h5-15,17H,16H2,1-4H3. The molecule has 0 aliphatic rings. The largest absolute Gasteiger partial charge is 0.497 e. The SMILES string of the molecule is COc1ccc(-c2csc(N(Cc3ccco3)C(=O)c3ccc(C(C)(C)C)cc3)n2)cc1. The van der Waals surface area contributed by atoms with Gasteiger partial charge in [-0.25, -0.2) is 4.98 Å². The molecular weight excluding hydrogens is 420 g/mol. The van der Waals surface area contributed by atoms with Crippen molar-refractivity contribution in [1.29, 1.82) is 0 Å². The van der Waals surface area contributed by atoms with Crippen molar-refractivity contribution in [1.82, 2.24) is 4.98 Å². The number of carbonyl (C=O) groups is 1. The summed E-state index contributed by atoms with van der Waals surface area (Å²) in [6.45, 7) is 6.78. The second-order valence-corrected chi connectivity index (χ2v) is 9.38. The molecule has 6 heteroatoms. The topological polar surface area (TPSA) is 55.6 Å². The molecule has 2 aromatic heterocycles. The van der Waals surface area contributed by atoms with Gasteiger partial charge in [-0.2, -0.15) is 0 Å². The molecule has 1 amide bonds. The number of hydrogen-bond acceptors (Lipinski definition) is 5. The zero-order valence-corrected chi connectivity index (χ0v) is 19.5. The molecule has 32 heavy (non-hydrogen) atoms. The van der Waals surface area contributed by atoms with Crippen LogP contribution in [0.4, 0.5) is 5.13 Å². The van der Waals surface area contributed by atoms with Crippen LogP contribution in [0.5, 0.6) is 5.75 Å². The molecule has 5 nitrogen and oxygen atoms in total. The number of hydrogen-bond donors (Lipinski definition) is 0. The highest BCUT2D eigenvalue weighted by Crippen LogP contribution is 2.31. The highest BCUT2D eigenvalue weighted by molar-refractivity contribution is 7.14. The van der Waals surface area contributed by atoms with E-state index >= 15 is 0 Å². The molecule has 0 aliphatic carbocycles. The second kappa shape index (κ2) is 9.01. The van der Waals surface area contributed by atoms with Crippen LogP contribution in [-0.4, -0.2) is 18.0 Å². The van der Waals surface area contributed by atoms with Gasteiger partial charge in [0.15, 0.2) is 5.13 Å². The van der Waals surface area contributed by atoms with Crippen LogP contribution in [0.2, 0.25) is 0 Å². The van der Waals surface area contributed by atoms with E-state index in [9.17, 15) is 4.79 Å². The molecule has 164 valence electrons. The molecule has 0 bridgehead atoms. The zero-order valence-electron chi connectivity index (χ0n) is 18.7. The normalized spacial score (nSPS) is 11.4. The van der Waals surface area contributed by atoms with Gasteiger partial charge in [-0.1, -0.05) is 32.9 Å². The van der Waals surface area contributed by atoms with Crippen LogP contribution in [0.15, 0.2) is 76.7 Å². The number of methoxy groups -OCH3 is 1. The average molecular weight is 447 g/mol. The summed E-state index contributed by atoms with van der Waals surface area (Å²) in [5.74, 6) is 1.38. The van der Waals surface area contributed by atoms with Gasteiger partial charge in [0.05, 0.1) is 25.6 Å². The number of benzene rings is 2. The fourth-order valence-corrected chi connectivity index (χ4v) is 4.17. The first kappa shape index (κ1) is 21.8. The number of nitrogens with zero attached hydrogens (tertiary/aromatic N) is 2. The van der Waals surface area contributed by atoms with Crippen molar-refractivity contribution in [3.63, 3.8) is 0 Å². The number of thiazole rings is 1. The van der Waals surface area contributed by atoms with Gasteiger partial charge in [-0.15, -0.1) is 11.3 Å². The minimum atomic E-state index is -0.113. The van der Waals surface area contributed by atoms with Gasteiger partial charge in [0, 0.05) is 16.5 Å². The van der Waals surface area contributed by atoms with Crippen molar-refractivity contribution in [2.75, 3.05) is 12.0 Å². The summed E-state index contributed by atoms with van der Waals surface area (Å²) in [6.07, 6.45) is 1.61. The van der Waals surface area contributed by atoms with E-state index in [-0.39, 0.29) is 11.3 Å². The maximum Gasteiger partial charge on any atom is 0.260 e. The smallest absolute Gasteiger partial charge is 0.260 e. The Bertz CT molecular complexity index is 1170. The highest BCUT2D eigenvalue weighted by atomic mass is 32.1. The summed E-state index contributed by atoms with van der Waals surface area (Å²) < 4.78 is 10.8. The quantitative estimate of drug-likeness (QED) is 0.337. The van der Waals surface area contributed by atoms with E-state index in [0.29, 0.717) is 23.0 Å². The highest BCUT2D eigenvalue weighted by Gasteiger charge is 2.23. The second-order valence-electron chi connectivity index (χ2n) is 8.54. The van der Waals surface area contributed by atoms with Gasteiger partial charge in [-0.3, -0.25) is 9.69 Å². The van der Waals surface area contributed by atoms with Gasteiger partial charge in [0.25, 0.3) is 5.91 Å². The Kier molecular flexibility index (Phi) is 6.15. The van der Waals surface area contributed by atoms with Crippen molar-refractivity contribution in [2.24, 2.45) is 0 Å². The zero-order chi connectivity index (χ0) is 22.7. The number of ether oxygens (including phenoxy) is 1. The minimum Gasteiger partial charge on any atom is -0.497 e. The Morgan fingerprint density at radius 1 is 1.06 bits per heavy atom. The van der Waals surface area contributed by atoms with E-state index in [1.807, 2.05) is 66.0 Å². The van der Waals surface area contributed by atoms with Crippen molar-refractivity contribution < 1.29 is 13.9 Å². The van der Waals surface area contributed by atoms with Crippen LogP contribution in [-0.2, 0) is 12.0 Å². The lowest BCUT2D eigenvalue weighted by Crippen LogP contribution is -2.30. The predicted molar refractivity (Wildman–Crippen MR) is 128 cm³/mol. The van der Waals surface area contributed by atoms with Crippen molar-refractivity contribution in [3.8, 4) is 17.0 Å². The van der Waals surface area contributed by atoms with E-state index in [1.165, 1.54) is 16.9 Å². The van der Waals surface area contributed by atoms with E-state index in [0.717, 1.165) is 17.0 Å². The van der Waals surface area contributed by atoms with E-state index < -0.39 is 0 Å². The van der Waals surface area contributed by atoms with Crippen LogP contribution >= 0.6 is 11.3 Å². The Balaban J connectivity index is 1.65. The lowest BCUT2D eigenvalue weighted by Gasteiger charge is -2.21. The molecule has 0 saturated heterocycles. The molecule has 4 rings (SSSR count). The van der Waals surface area contributed by atoms with Crippen LogP contribution < -0.4 is 9.64 Å². The van der Waals surface area contributed by atoms with E-state index in [4.69, 9.17) is 14.1 Å². The first-order valence-electron chi connectivity index (χ1n) is 10.4. The van der Waals surface area contributed by atoms with Crippen LogP contribution in [0.3, 0.4) is 0 Å². The minimum absolute atomic E-state index is 0.0258. The number of carbonyl (C=O) groups excluding carboxylic acids is 1. The first-order valence-corrected chi connectivity index (χ1v) is 11.3. The Labute approximate surface area is 192 Å². The Morgan fingerprint density at radius 2 is 1.78 bits per heavy atom. The molecule has 0 radical (unpaired) electrons. The van der Waals surface area contributed by atoms with Gasteiger partial charge < -0.3 is 9.15 Å². The fraction of sp³-hybridized carbons (Fsp3) is 0.231. The van der Waals surface area contributed by atoms with E-state index in [1.54, 1.807) is 18.3 Å². The van der Waals surface area contributed by atoms with Gasteiger partial charge in [-0.05, 0) is 59.5 Å². The van der Waals surface area contributed by atoms with Gasteiger partial charge in [0.2, 0.25) is 0 Å². The molecule has 0 fully saturated rings. The number of anilines is 1. The van der Waals surface area contributed by atoms with Crippen molar-refractivity contribution in [2.45, 2.75) is 32.7 Å². The molecule has 2 aromatic carbocycles. The molecular formula is C26H26N2O3S. The summed E-state index contributed by atoms with van der Waals surface area (Å²) in [5, 5.41) is 2.58. The summed E-state index contributed by atoms with van der Waals surface area (Å²) >= 11 is 1.44. The van der Waals surface area contributed by atoms with Gasteiger partial charge in [0.1, 0.15) is 11.5 Å². The monoisotopic (exact) mass is 446 g/mol. The number of furan rings is 1. The molecule has 0 aliphatic heterocycles. The first-order chi connectivity index (χ1) is 15.3. The Hall–Kier alpha value is -3.38. The third kappa shape index (κ3) is 4.75. The molecule has 2 heterocycles. The number of aromatic nitrogens is 1. The summed E-state index contributed by atoms with van der Waals surface area (Å²) in [7, 11) is 1.64. The van der Waals surface area contributed by atoms with Crippen molar-refractivity contribution >= 4 is 22.4 Å².